The predicted molar refractivity (Wildman–Crippen MR) is 151 cm³/mol. The summed E-state index contributed by atoms with van der Waals surface area (Å²) < 4.78 is 7.31. The van der Waals surface area contributed by atoms with Crippen LogP contribution in [0.5, 0.6) is 0 Å². The Bertz CT molecular complexity index is 1470. The van der Waals surface area contributed by atoms with Gasteiger partial charge in [0.1, 0.15) is 0 Å². The largest absolute Gasteiger partial charge is 0.378 e. The normalized spacial score (nSPS) is 14.7. The van der Waals surface area contributed by atoms with Crippen LogP contribution in [0.15, 0.2) is 76.1 Å². The van der Waals surface area contributed by atoms with E-state index in [0.717, 1.165) is 64.7 Å². The minimum atomic E-state index is 0.567. The molecule has 0 aliphatic carbocycles. The minimum Gasteiger partial charge on any atom is -0.378 e. The summed E-state index contributed by atoms with van der Waals surface area (Å²) in [6.07, 6.45) is 1.85. The number of hydrogen-bond donors (Lipinski definition) is 0. The van der Waals surface area contributed by atoms with Gasteiger partial charge in [-0.1, -0.05) is 47.5 Å². The molecule has 0 radical (unpaired) electrons. The van der Waals surface area contributed by atoms with Gasteiger partial charge in [-0.3, -0.25) is 0 Å². The number of thiazole rings is 1. The van der Waals surface area contributed by atoms with Crippen LogP contribution in [0.3, 0.4) is 0 Å². The molecule has 0 unspecified atom stereocenters. The van der Waals surface area contributed by atoms with Gasteiger partial charge >= 0.3 is 0 Å². The van der Waals surface area contributed by atoms with Gasteiger partial charge in [0.2, 0.25) is 4.80 Å². The van der Waals surface area contributed by atoms with Gasteiger partial charge in [0.05, 0.1) is 35.8 Å². The molecule has 36 heavy (non-hydrogen) atoms. The van der Waals surface area contributed by atoms with E-state index in [1.807, 2.05) is 28.4 Å². The van der Waals surface area contributed by atoms with E-state index in [-0.39, 0.29) is 0 Å². The molecule has 184 valence electrons. The zero-order valence-electron chi connectivity index (χ0n) is 20.1. The van der Waals surface area contributed by atoms with Gasteiger partial charge in [0.15, 0.2) is 0 Å². The van der Waals surface area contributed by atoms with Gasteiger partial charge in [0, 0.05) is 34.7 Å². The second kappa shape index (κ2) is 11.0. The standard InChI is InChI=1S/C28H26Cl2N4OS/c1-19-3-4-20(2)26(15-19)32-28-34(27(18-36-28)24-10-7-22(29)16-25(24)30)31-17-21-5-8-23(9-6-21)33-11-13-35-14-12-33/h3-10,15-18H,11-14H2,1-2H3/b31-17+,32-28?. The average molecular weight is 538 g/mol. The first-order valence-corrected chi connectivity index (χ1v) is 13.4. The molecule has 4 aromatic rings. The van der Waals surface area contributed by atoms with Gasteiger partial charge in [0.25, 0.3) is 0 Å². The van der Waals surface area contributed by atoms with Crippen LogP contribution >= 0.6 is 34.5 Å². The fourth-order valence-electron chi connectivity index (χ4n) is 4.03. The highest BCUT2D eigenvalue weighted by molar-refractivity contribution is 7.07. The SMILES string of the molecule is Cc1ccc(C)c(N=c2scc(-c3ccc(Cl)cc3Cl)n2/N=C/c2ccc(N3CCOCC3)cc2)c1. The molecule has 1 aromatic heterocycles. The molecule has 0 spiro atoms. The van der Waals surface area contributed by atoms with Crippen LogP contribution in [0.25, 0.3) is 11.3 Å². The lowest BCUT2D eigenvalue weighted by molar-refractivity contribution is 0.122. The van der Waals surface area contributed by atoms with Crippen molar-refractivity contribution in [2.24, 2.45) is 10.1 Å². The highest BCUT2D eigenvalue weighted by Crippen LogP contribution is 2.31. The van der Waals surface area contributed by atoms with Crippen molar-refractivity contribution >= 4 is 52.1 Å². The van der Waals surface area contributed by atoms with E-state index >= 15 is 0 Å². The van der Waals surface area contributed by atoms with E-state index in [1.54, 1.807) is 6.07 Å². The first kappa shape index (κ1) is 24.8. The van der Waals surface area contributed by atoms with Gasteiger partial charge in [-0.15, -0.1) is 11.3 Å². The second-order valence-corrected chi connectivity index (χ2v) is 10.4. The Morgan fingerprint density at radius 2 is 1.72 bits per heavy atom. The maximum Gasteiger partial charge on any atom is 0.211 e. The zero-order valence-corrected chi connectivity index (χ0v) is 22.4. The van der Waals surface area contributed by atoms with Crippen LogP contribution in [-0.2, 0) is 4.74 Å². The summed E-state index contributed by atoms with van der Waals surface area (Å²) in [5.41, 5.74) is 7.08. The summed E-state index contributed by atoms with van der Waals surface area (Å²) in [5.74, 6) is 0. The third kappa shape index (κ3) is 5.57. The van der Waals surface area contributed by atoms with Gasteiger partial charge in [-0.25, -0.2) is 9.67 Å². The lowest BCUT2D eigenvalue weighted by atomic mass is 10.1. The number of hydrogen-bond acceptors (Lipinski definition) is 5. The molecule has 1 saturated heterocycles. The summed E-state index contributed by atoms with van der Waals surface area (Å²) in [7, 11) is 0. The van der Waals surface area contributed by atoms with Crippen LogP contribution in [0.1, 0.15) is 16.7 Å². The first-order chi connectivity index (χ1) is 17.5. The fraction of sp³-hybridized carbons (Fsp3) is 0.214. The summed E-state index contributed by atoms with van der Waals surface area (Å²) in [6.45, 7) is 7.48. The molecule has 2 heterocycles. The van der Waals surface area contributed by atoms with Crippen molar-refractivity contribution in [3.05, 3.63) is 97.6 Å². The molecule has 0 atom stereocenters. The number of morpholine rings is 1. The average Bonchev–Trinajstić information content (AvgIpc) is 3.27. The molecule has 1 fully saturated rings. The number of anilines is 1. The van der Waals surface area contributed by atoms with Crippen molar-refractivity contribution in [1.29, 1.82) is 0 Å². The Hall–Kier alpha value is -2.90. The van der Waals surface area contributed by atoms with Crippen LogP contribution < -0.4 is 9.70 Å². The number of halogens is 2. The summed E-state index contributed by atoms with van der Waals surface area (Å²) >= 11 is 14.2. The summed E-state index contributed by atoms with van der Waals surface area (Å²) in [5, 5.41) is 8.03. The molecule has 0 bridgehead atoms. The number of aryl methyl sites for hydroxylation is 2. The van der Waals surface area contributed by atoms with Crippen molar-refractivity contribution in [1.82, 2.24) is 4.68 Å². The number of aromatic nitrogens is 1. The maximum atomic E-state index is 6.57. The zero-order chi connectivity index (χ0) is 25.1. The Labute approximate surface area is 224 Å². The number of ether oxygens (including phenoxy) is 1. The molecule has 3 aromatic carbocycles. The van der Waals surface area contributed by atoms with Crippen LogP contribution in [0.2, 0.25) is 10.0 Å². The van der Waals surface area contributed by atoms with Crippen LogP contribution in [0.4, 0.5) is 11.4 Å². The van der Waals surface area contributed by atoms with Gasteiger partial charge < -0.3 is 9.64 Å². The predicted octanol–water partition coefficient (Wildman–Crippen LogP) is 7.09. The fourth-order valence-corrected chi connectivity index (χ4v) is 5.38. The lowest BCUT2D eigenvalue weighted by Gasteiger charge is -2.28. The van der Waals surface area contributed by atoms with E-state index in [4.69, 9.17) is 38.0 Å². The molecular weight excluding hydrogens is 511 g/mol. The van der Waals surface area contributed by atoms with Crippen molar-refractivity contribution < 1.29 is 4.74 Å². The molecule has 1 aliphatic rings. The molecule has 8 heteroatoms. The third-order valence-electron chi connectivity index (χ3n) is 6.06. The molecular formula is C28H26Cl2N4OS. The Morgan fingerprint density at radius 3 is 2.47 bits per heavy atom. The Balaban J connectivity index is 1.55. The monoisotopic (exact) mass is 536 g/mol. The smallest absolute Gasteiger partial charge is 0.211 e. The molecule has 5 nitrogen and oxygen atoms in total. The molecule has 1 aliphatic heterocycles. The van der Waals surface area contributed by atoms with Gasteiger partial charge in [-0.2, -0.15) is 5.10 Å². The number of nitrogens with zero attached hydrogens (tertiary/aromatic N) is 4. The van der Waals surface area contributed by atoms with E-state index < -0.39 is 0 Å². The number of rotatable bonds is 5. The van der Waals surface area contributed by atoms with E-state index in [0.29, 0.717) is 10.0 Å². The van der Waals surface area contributed by atoms with E-state index in [2.05, 4.69) is 61.2 Å². The van der Waals surface area contributed by atoms with Crippen LogP contribution in [-0.4, -0.2) is 37.2 Å². The molecule has 0 saturated carbocycles. The number of benzene rings is 3. The Kier molecular flexibility index (Phi) is 7.58. The first-order valence-electron chi connectivity index (χ1n) is 11.7. The quantitative estimate of drug-likeness (QED) is 0.255. The second-order valence-electron chi connectivity index (χ2n) is 8.68. The van der Waals surface area contributed by atoms with Gasteiger partial charge in [-0.05, 0) is 66.9 Å². The van der Waals surface area contributed by atoms with Crippen molar-refractivity contribution in [3.63, 3.8) is 0 Å². The molecule has 5 rings (SSSR count). The Morgan fingerprint density at radius 1 is 0.944 bits per heavy atom. The maximum absolute atomic E-state index is 6.57. The molecule has 0 amide bonds. The highest BCUT2D eigenvalue weighted by atomic mass is 35.5. The van der Waals surface area contributed by atoms with Crippen molar-refractivity contribution in [2.45, 2.75) is 13.8 Å². The lowest BCUT2D eigenvalue weighted by Crippen LogP contribution is -2.36. The van der Waals surface area contributed by atoms with Crippen molar-refractivity contribution in [3.8, 4) is 11.3 Å². The van der Waals surface area contributed by atoms with Crippen molar-refractivity contribution in [2.75, 3.05) is 31.2 Å². The minimum absolute atomic E-state index is 0.567. The topological polar surface area (TPSA) is 42.1 Å². The van der Waals surface area contributed by atoms with E-state index in [9.17, 15) is 0 Å². The van der Waals surface area contributed by atoms with Crippen LogP contribution in [0, 0.1) is 13.8 Å². The highest BCUT2D eigenvalue weighted by Gasteiger charge is 2.13. The summed E-state index contributed by atoms with van der Waals surface area (Å²) in [4.78, 5) is 8.05. The van der Waals surface area contributed by atoms with E-state index in [1.165, 1.54) is 17.0 Å². The molecule has 0 N–H and O–H groups in total. The third-order valence-corrected chi connectivity index (χ3v) is 7.43. The summed E-state index contributed by atoms with van der Waals surface area (Å²) in [6, 6.07) is 20.2.